The number of nitriles is 1. The molecule has 4 rings (SSSR count). The SMILES string of the molecule is COc1cc(C2C(=O)N(C)C(N)=N[C@]2(C)c2cc(-c3cncc(C#N)c3)cs2)cc(OC)c1OC. The highest BCUT2D eigenvalue weighted by Crippen LogP contribution is 2.50. The molecule has 2 aromatic heterocycles. The number of thiophene rings is 1. The van der Waals surface area contributed by atoms with Gasteiger partial charge in [-0.3, -0.25) is 14.7 Å². The maximum absolute atomic E-state index is 13.6. The molecular formula is C25H25N5O4S. The Kier molecular flexibility index (Phi) is 6.37. The molecule has 2 N–H and O–H groups in total. The third-order valence-corrected chi connectivity index (χ3v) is 7.31. The van der Waals surface area contributed by atoms with Gasteiger partial charge in [0, 0.05) is 29.9 Å². The minimum atomic E-state index is -1.01. The van der Waals surface area contributed by atoms with Crippen molar-refractivity contribution in [1.29, 1.82) is 5.26 Å². The number of guanidine groups is 1. The van der Waals surface area contributed by atoms with E-state index in [1.807, 2.05) is 18.4 Å². The van der Waals surface area contributed by atoms with Gasteiger partial charge in [-0.15, -0.1) is 11.3 Å². The summed E-state index contributed by atoms with van der Waals surface area (Å²) in [5.74, 6) is 0.510. The van der Waals surface area contributed by atoms with Gasteiger partial charge in [-0.05, 0) is 47.7 Å². The van der Waals surface area contributed by atoms with Crippen LogP contribution >= 0.6 is 11.3 Å². The predicted molar refractivity (Wildman–Crippen MR) is 133 cm³/mol. The largest absolute Gasteiger partial charge is 0.493 e. The maximum Gasteiger partial charge on any atom is 0.239 e. The lowest BCUT2D eigenvalue weighted by atomic mass is 9.77. The number of carbonyl (C=O) groups excluding carboxylic acids is 1. The van der Waals surface area contributed by atoms with Gasteiger partial charge < -0.3 is 19.9 Å². The van der Waals surface area contributed by atoms with Crippen molar-refractivity contribution >= 4 is 23.2 Å². The van der Waals surface area contributed by atoms with E-state index in [2.05, 4.69) is 11.1 Å². The van der Waals surface area contributed by atoms with Crippen LogP contribution in [0.1, 0.15) is 28.8 Å². The van der Waals surface area contributed by atoms with Crippen LogP contribution in [0.4, 0.5) is 0 Å². The number of aliphatic imine (C=N–C) groups is 1. The summed E-state index contributed by atoms with van der Waals surface area (Å²) in [5.41, 5.74) is 7.96. The van der Waals surface area contributed by atoms with Crippen LogP contribution in [0.3, 0.4) is 0 Å². The second kappa shape index (κ2) is 9.27. The highest BCUT2D eigenvalue weighted by Gasteiger charge is 2.48. The van der Waals surface area contributed by atoms with Crippen LogP contribution in [0.2, 0.25) is 0 Å². The summed E-state index contributed by atoms with van der Waals surface area (Å²) in [5, 5.41) is 11.2. The Hall–Kier alpha value is -4.10. The minimum Gasteiger partial charge on any atom is -0.493 e. The van der Waals surface area contributed by atoms with E-state index in [1.165, 1.54) is 43.8 Å². The number of aromatic nitrogens is 1. The fourth-order valence-corrected chi connectivity index (χ4v) is 5.32. The van der Waals surface area contributed by atoms with E-state index in [0.29, 0.717) is 28.4 Å². The number of hydrogen-bond acceptors (Lipinski definition) is 9. The van der Waals surface area contributed by atoms with Crippen molar-refractivity contribution in [1.82, 2.24) is 9.88 Å². The van der Waals surface area contributed by atoms with Gasteiger partial charge in [0.25, 0.3) is 0 Å². The standard InChI is InChI=1S/C25H25N5O4S/c1-25(20-9-17(13-35-20)16-6-14(10-26)11-28-12-16)21(23(31)30(2)24(27)29-25)15-7-18(32-3)22(34-5)19(8-15)33-4/h6-9,11-13,21H,1-5H3,(H2,27,29)/t21?,25-/m1/s1. The van der Waals surface area contributed by atoms with Crippen molar-refractivity contribution in [2.45, 2.75) is 18.4 Å². The topological polar surface area (TPSA) is 123 Å². The fourth-order valence-electron chi connectivity index (χ4n) is 4.27. The van der Waals surface area contributed by atoms with Crippen molar-refractivity contribution in [2.75, 3.05) is 28.4 Å². The Morgan fingerprint density at radius 3 is 2.37 bits per heavy atom. The fraction of sp³-hybridized carbons (Fsp3) is 0.280. The van der Waals surface area contributed by atoms with Gasteiger partial charge in [-0.25, -0.2) is 4.99 Å². The molecule has 2 atom stereocenters. The Labute approximate surface area is 207 Å². The predicted octanol–water partition coefficient (Wildman–Crippen LogP) is 3.49. The second-order valence-corrected chi connectivity index (χ2v) is 9.09. The number of benzene rings is 1. The maximum atomic E-state index is 13.6. The van der Waals surface area contributed by atoms with E-state index in [0.717, 1.165) is 16.0 Å². The number of carbonyl (C=O) groups is 1. The van der Waals surface area contributed by atoms with Crippen molar-refractivity contribution < 1.29 is 19.0 Å². The van der Waals surface area contributed by atoms with Gasteiger partial charge in [0.2, 0.25) is 11.7 Å². The average molecular weight is 492 g/mol. The molecule has 0 radical (unpaired) electrons. The van der Waals surface area contributed by atoms with Crippen LogP contribution in [-0.2, 0) is 10.3 Å². The summed E-state index contributed by atoms with van der Waals surface area (Å²) in [7, 11) is 6.18. The van der Waals surface area contributed by atoms with Gasteiger partial charge >= 0.3 is 0 Å². The Morgan fingerprint density at radius 2 is 1.77 bits per heavy atom. The van der Waals surface area contributed by atoms with E-state index in [4.69, 9.17) is 24.9 Å². The number of amides is 1. The number of nitrogens with two attached hydrogens (primary N) is 1. The van der Waals surface area contributed by atoms with Crippen LogP contribution in [0, 0.1) is 11.3 Å². The molecule has 9 nitrogen and oxygen atoms in total. The molecule has 1 aliphatic rings. The molecule has 1 amide bonds. The van der Waals surface area contributed by atoms with Crippen LogP contribution in [0.5, 0.6) is 17.2 Å². The van der Waals surface area contributed by atoms with Crippen molar-refractivity contribution in [3.8, 4) is 34.4 Å². The minimum absolute atomic E-state index is 0.129. The van der Waals surface area contributed by atoms with E-state index in [-0.39, 0.29) is 11.9 Å². The smallest absolute Gasteiger partial charge is 0.239 e. The lowest BCUT2D eigenvalue weighted by Crippen LogP contribution is -2.52. The van der Waals surface area contributed by atoms with Gasteiger partial charge in [0.1, 0.15) is 11.6 Å². The molecular weight excluding hydrogens is 466 g/mol. The molecule has 10 heteroatoms. The first-order chi connectivity index (χ1) is 16.8. The van der Waals surface area contributed by atoms with Crippen molar-refractivity contribution in [2.24, 2.45) is 10.7 Å². The molecule has 3 aromatic rings. The summed E-state index contributed by atoms with van der Waals surface area (Å²) in [6.07, 6.45) is 3.21. The third-order valence-electron chi connectivity index (χ3n) is 6.15. The van der Waals surface area contributed by atoms with Crippen LogP contribution < -0.4 is 19.9 Å². The Morgan fingerprint density at radius 1 is 1.09 bits per heavy atom. The summed E-state index contributed by atoms with van der Waals surface area (Å²) < 4.78 is 16.5. The second-order valence-electron chi connectivity index (χ2n) is 8.18. The van der Waals surface area contributed by atoms with E-state index < -0.39 is 11.5 Å². The number of hydrogen-bond donors (Lipinski definition) is 1. The zero-order valence-electron chi connectivity index (χ0n) is 20.0. The first-order valence-corrected chi connectivity index (χ1v) is 11.5. The number of pyridine rings is 1. The summed E-state index contributed by atoms with van der Waals surface area (Å²) in [4.78, 5) is 24.8. The number of ether oxygens (including phenoxy) is 3. The zero-order valence-corrected chi connectivity index (χ0v) is 20.8. The number of nitrogens with zero attached hydrogens (tertiary/aromatic N) is 4. The molecule has 0 spiro atoms. The highest BCUT2D eigenvalue weighted by atomic mass is 32.1. The number of rotatable bonds is 6. The van der Waals surface area contributed by atoms with Crippen LogP contribution in [0.25, 0.3) is 11.1 Å². The lowest BCUT2D eigenvalue weighted by Gasteiger charge is -2.40. The Bertz CT molecular complexity index is 1340. The van der Waals surface area contributed by atoms with Gasteiger partial charge in [-0.2, -0.15) is 5.26 Å². The van der Waals surface area contributed by atoms with E-state index in [1.54, 1.807) is 31.4 Å². The van der Waals surface area contributed by atoms with Crippen LogP contribution in [0.15, 0.2) is 47.0 Å². The molecule has 0 aliphatic carbocycles. The normalized spacial score (nSPS) is 19.7. The summed E-state index contributed by atoms with van der Waals surface area (Å²) >= 11 is 1.46. The monoisotopic (exact) mass is 491 g/mol. The molecule has 180 valence electrons. The third kappa shape index (κ3) is 4.04. The molecule has 0 fully saturated rings. The number of likely N-dealkylation sites (N-methyl/N-ethyl adjacent to an activating group) is 1. The molecule has 0 bridgehead atoms. The van der Waals surface area contributed by atoms with E-state index >= 15 is 0 Å². The van der Waals surface area contributed by atoms with E-state index in [9.17, 15) is 10.1 Å². The van der Waals surface area contributed by atoms with Crippen LogP contribution in [-0.4, -0.2) is 50.1 Å². The van der Waals surface area contributed by atoms with Crippen molar-refractivity contribution in [3.63, 3.8) is 0 Å². The quantitative estimate of drug-likeness (QED) is 0.560. The molecule has 1 aromatic carbocycles. The lowest BCUT2D eigenvalue weighted by molar-refractivity contribution is -0.130. The molecule has 3 heterocycles. The highest BCUT2D eigenvalue weighted by molar-refractivity contribution is 7.10. The van der Waals surface area contributed by atoms with Gasteiger partial charge in [0.15, 0.2) is 17.5 Å². The van der Waals surface area contributed by atoms with Gasteiger partial charge in [0.05, 0.1) is 32.8 Å². The molecule has 0 saturated carbocycles. The molecule has 1 aliphatic heterocycles. The zero-order chi connectivity index (χ0) is 25.3. The first kappa shape index (κ1) is 24.0. The molecule has 0 saturated heterocycles. The van der Waals surface area contributed by atoms with Gasteiger partial charge in [-0.1, -0.05) is 0 Å². The number of methoxy groups -OCH3 is 3. The van der Waals surface area contributed by atoms with Crippen molar-refractivity contribution in [3.05, 3.63) is 58.0 Å². The average Bonchev–Trinajstić information content (AvgIpc) is 3.38. The Balaban J connectivity index is 1.89. The summed E-state index contributed by atoms with van der Waals surface area (Å²) in [6, 6.07) is 9.38. The molecule has 35 heavy (non-hydrogen) atoms. The molecule has 1 unspecified atom stereocenters. The first-order valence-electron chi connectivity index (χ1n) is 10.6. The summed E-state index contributed by atoms with van der Waals surface area (Å²) in [6.45, 7) is 1.89.